The number of halogens is 3. The van der Waals surface area contributed by atoms with E-state index in [1.165, 1.54) is 25.1 Å². The van der Waals surface area contributed by atoms with Crippen LogP contribution in [-0.2, 0) is 0 Å². The number of aryl methyl sites for hydroxylation is 1. The first-order valence-corrected chi connectivity index (χ1v) is 6.09. The van der Waals surface area contributed by atoms with E-state index in [-0.39, 0.29) is 16.9 Å². The van der Waals surface area contributed by atoms with Gasteiger partial charge < -0.3 is 11.1 Å². The number of hydrogen-bond acceptors (Lipinski definition) is 2. The smallest absolute Gasteiger partial charge is 0.261 e. The number of nitrogens with one attached hydrogen (secondary N) is 1. The normalized spacial score (nSPS) is 10.4. The molecule has 6 heteroatoms. The zero-order valence-corrected chi connectivity index (χ0v) is 11.3. The van der Waals surface area contributed by atoms with Crippen molar-refractivity contribution in [1.82, 2.24) is 0 Å². The molecule has 0 aliphatic heterocycles. The Kier molecular flexibility index (Phi) is 3.90. The highest BCUT2D eigenvalue weighted by molar-refractivity contribution is 6.31. The maximum Gasteiger partial charge on any atom is 0.261 e. The van der Waals surface area contributed by atoms with Crippen LogP contribution in [0.15, 0.2) is 30.3 Å². The molecule has 1 amide bonds. The number of amides is 1. The molecule has 20 heavy (non-hydrogen) atoms. The standard InChI is InChI=1S/C14H11ClF2N2O/c1-7-2-4-9(16)12(13(7)17)14(20)19-11-6-8(15)3-5-10(11)18/h2-6H,18H2,1H3,(H,19,20). The molecule has 0 radical (unpaired) electrons. The van der Waals surface area contributed by atoms with Crippen LogP contribution < -0.4 is 11.1 Å². The monoisotopic (exact) mass is 296 g/mol. The molecular weight excluding hydrogens is 286 g/mol. The summed E-state index contributed by atoms with van der Waals surface area (Å²) in [5.41, 5.74) is 5.63. The second-order valence-electron chi connectivity index (χ2n) is 4.24. The number of nitrogens with two attached hydrogens (primary N) is 1. The van der Waals surface area contributed by atoms with E-state index in [2.05, 4.69) is 5.32 Å². The molecule has 0 aliphatic carbocycles. The number of nitrogen functional groups attached to an aromatic ring is 1. The molecule has 2 rings (SSSR count). The number of benzene rings is 2. The summed E-state index contributed by atoms with van der Waals surface area (Å²) in [5.74, 6) is -2.76. The maximum absolute atomic E-state index is 13.8. The Hall–Kier alpha value is -2.14. The van der Waals surface area contributed by atoms with Crippen LogP contribution in [0.3, 0.4) is 0 Å². The molecule has 2 aromatic rings. The van der Waals surface area contributed by atoms with Crippen LogP contribution in [0, 0.1) is 18.6 Å². The van der Waals surface area contributed by atoms with E-state index in [0.29, 0.717) is 5.02 Å². The first-order chi connectivity index (χ1) is 9.40. The van der Waals surface area contributed by atoms with Crippen LogP contribution in [0.25, 0.3) is 0 Å². The van der Waals surface area contributed by atoms with Crippen LogP contribution >= 0.6 is 11.6 Å². The van der Waals surface area contributed by atoms with Gasteiger partial charge in [-0.2, -0.15) is 0 Å². The average Bonchev–Trinajstić information content (AvgIpc) is 2.39. The van der Waals surface area contributed by atoms with E-state index < -0.39 is 23.1 Å². The number of rotatable bonds is 2. The van der Waals surface area contributed by atoms with Gasteiger partial charge >= 0.3 is 0 Å². The van der Waals surface area contributed by atoms with Crippen molar-refractivity contribution in [2.24, 2.45) is 0 Å². The summed E-state index contributed by atoms with van der Waals surface area (Å²) in [6.45, 7) is 1.44. The summed E-state index contributed by atoms with van der Waals surface area (Å²) in [7, 11) is 0. The molecule has 0 aliphatic rings. The summed E-state index contributed by atoms with van der Waals surface area (Å²) in [4.78, 5) is 12.0. The van der Waals surface area contributed by atoms with E-state index in [9.17, 15) is 13.6 Å². The molecule has 0 atom stereocenters. The van der Waals surface area contributed by atoms with Gasteiger partial charge in [0.1, 0.15) is 17.2 Å². The van der Waals surface area contributed by atoms with Gasteiger partial charge in [-0.25, -0.2) is 8.78 Å². The van der Waals surface area contributed by atoms with Gasteiger partial charge in [-0.05, 0) is 36.8 Å². The van der Waals surface area contributed by atoms with E-state index in [4.69, 9.17) is 17.3 Å². The third-order valence-electron chi connectivity index (χ3n) is 2.77. The Morgan fingerprint density at radius 3 is 2.65 bits per heavy atom. The van der Waals surface area contributed by atoms with Crippen molar-refractivity contribution >= 4 is 28.9 Å². The molecule has 0 saturated heterocycles. The third kappa shape index (κ3) is 2.72. The lowest BCUT2D eigenvalue weighted by molar-refractivity contribution is 0.101. The average molecular weight is 297 g/mol. The topological polar surface area (TPSA) is 55.1 Å². The number of hydrogen-bond donors (Lipinski definition) is 2. The molecule has 3 N–H and O–H groups in total. The van der Waals surface area contributed by atoms with Crippen molar-refractivity contribution in [3.8, 4) is 0 Å². The van der Waals surface area contributed by atoms with Crippen molar-refractivity contribution in [3.05, 3.63) is 58.1 Å². The van der Waals surface area contributed by atoms with E-state index in [0.717, 1.165) is 6.07 Å². The summed E-state index contributed by atoms with van der Waals surface area (Å²) >= 11 is 5.78. The highest BCUT2D eigenvalue weighted by atomic mass is 35.5. The zero-order valence-electron chi connectivity index (χ0n) is 10.5. The minimum atomic E-state index is -0.939. The maximum atomic E-state index is 13.8. The molecule has 3 nitrogen and oxygen atoms in total. The lowest BCUT2D eigenvalue weighted by atomic mass is 10.1. The first-order valence-electron chi connectivity index (χ1n) is 5.71. The largest absolute Gasteiger partial charge is 0.397 e. The highest BCUT2D eigenvalue weighted by Gasteiger charge is 2.19. The van der Waals surface area contributed by atoms with Gasteiger partial charge in [-0.15, -0.1) is 0 Å². The van der Waals surface area contributed by atoms with Crippen molar-refractivity contribution in [3.63, 3.8) is 0 Å². The predicted molar refractivity (Wildman–Crippen MR) is 74.9 cm³/mol. The molecule has 0 saturated carbocycles. The SMILES string of the molecule is Cc1ccc(F)c(C(=O)Nc2cc(Cl)ccc2N)c1F. The summed E-state index contributed by atoms with van der Waals surface area (Å²) in [5, 5.41) is 2.69. The van der Waals surface area contributed by atoms with Crippen LogP contribution in [-0.4, -0.2) is 5.91 Å². The lowest BCUT2D eigenvalue weighted by Gasteiger charge is -2.10. The molecule has 0 unspecified atom stereocenters. The summed E-state index contributed by atoms with van der Waals surface area (Å²) in [6.07, 6.45) is 0. The fourth-order valence-corrected chi connectivity index (χ4v) is 1.86. The quantitative estimate of drug-likeness (QED) is 0.829. The van der Waals surface area contributed by atoms with Gasteiger partial charge in [0.05, 0.1) is 11.4 Å². The molecule has 0 fully saturated rings. The van der Waals surface area contributed by atoms with Gasteiger partial charge in [-0.1, -0.05) is 17.7 Å². The van der Waals surface area contributed by atoms with Crippen molar-refractivity contribution in [2.45, 2.75) is 6.92 Å². The van der Waals surface area contributed by atoms with Gasteiger partial charge in [0.25, 0.3) is 5.91 Å². The van der Waals surface area contributed by atoms with Crippen molar-refractivity contribution in [2.75, 3.05) is 11.1 Å². The molecule has 0 heterocycles. The second-order valence-corrected chi connectivity index (χ2v) is 4.68. The van der Waals surface area contributed by atoms with Crippen molar-refractivity contribution in [1.29, 1.82) is 0 Å². The molecule has 2 aromatic carbocycles. The molecular formula is C14H11ClF2N2O. The Morgan fingerprint density at radius 1 is 1.25 bits per heavy atom. The number of carbonyl (C=O) groups is 1. The Morgan fingerprint density at radius 2 is 1.95 bits per heavy atom. The predicted octanol–water partition coefficient (Wildman–Crippen LogP) is 3.76. The minimum absolute atomic E-state index is 0.176. The highest BCUT2D eigenvalue weighted by Crippen LogP contribution is 2.24. The van der Waals surface area contributed by atoms with Crippen LogP contribution in [0.4, 0.5) is 20.2 Å². The van der Waals surface area contributed by atoms with Gasteiger partial charge in [0, 0.05) is 5.02 Å². The second kappa shape index (κ2) is 5.46. The summed E-state index contributed by atoms with van der Waals surface area (Å²) in [6, 6.07) is 6.73. The van der Waals surface area contributed by atoms with E-state index >= 15 is 0 Å². The molecule has 0 spiro atoms. The number of carbonyl (C=O) groups excluding carboxylic acids is 1. The van der Waals surface area contributed by atoms with Gasteiger partial charge in [0.15, 0.2) is 0 Å². The van der Waals surface area contributed by atoms with Gasteiger partial charge in [-0.3, -0.25) is 4.79 Å². The third-order valence-corrected chi connectivity index (χ3v) is 3.01. The Balaban J connectivity index is 2.38. The Bertz CT molecular complexity index is 689. The van der Waals surface area contributed by atoms with Crippen molar-refractivity contribution < 1.29 is 13.6 Å². The molecule has 0 aromatic heterocycles. The lowest BCUT2D eigenvalue weighted by Crippen LogP contribution is -2.17. The van der Waals surface area contributed by atoms with E-state index in [1.807, 2.05) is 0 Å². The van der Waals surface area contributed by atoms with Crippen LogP contribution in [0.2, 0.25) is 5.02 Å². The van der Waals surface area contributed by atoms with Crippen LogP contribution in [0.1, 0.15) is 15.9 Å². The molecule has 104 valence electrons. The van der Waals surface area contributed by atoms with E-state index in [1.54, 1.807) is 6.07 Å². The van der Waals surface area contributed by atoms with Gasteiger partial charge in [0.2, 0.25) is 0 Å². The fraction of sp³-hybridized carbons (Fsp3) is 0.0714. The van der Waals surface area contributed by atoms with Crippen LogP contribution in [0.5, 0.6) is 0 Å². The number of anilines is 2. The first kappa shape index (κ1) is 14.3. The summed E-state index contributed by atoms with van der Waals surface area (Å²) < 4.78 is 27.4. The fourth-order valence-electron chi connectivity index (χ4n) is 1.69. The molecule has 0 bridgehead atoms. The zero-order chi connectivity index (χ0) is 14.9. The Labute approximate surface area is 119 Å². The minimum Gasteiger partial charge on any atom is -0.397 e.